The van der Waals surface area contributed by atoms with E-state index in [9.17, 15) is 14.0 Å². The van der Waals surface area contributed by atoms with Crippen LogP contribution in [0.4, 0.5) is 14.9 Å². The van der Waals surface area contributed by atoms with Gasteiger partial charge in [0.2, 0.25) is 5.91 Å². The lowest BCUT2D eigenvalue weighted by molar-refractivity contribution is -0.122. The van der Waals surface area contributed by atoms with Crippen LogP contribution in [0.5, 0.6) is 0 Å². The molecule has 0 bridgehead atoms. The molecule has 28 heavy (non-hydrogen) atoms. The smallest absolute Gasteiger partial charge is 0.415 e. The molecule has 1 heterocycles. The summed E-state index contributed by atoms with van der Waals surface area (Å²) in [5, 5.41) is 2.83. The van der Waals surface area contributed by atoms with Gasteiger partial charge in [0.25, 0.3) is 0 Å². The average Bonchev–Trinajstić information content (AvgIpc) is 3.01. The molecular formula is C22H25FN2O3. The Morgan fingerprint density at radius 1 is 1.14 bits per heavy atom. The molecule has 1 aliphatic rings. The SMILES string of the molecule is CC(C)(C)OC(=O)N1c2ccccc2C[C@H]1C(=O)NCCc1ccccc1F. The molecule has 0 saturated carbocycles. The highest BCUT2D eigenvalue weighted by Gasteiger charge is 2.40. The Morgan fingerprint density at radius 2 is 1.82 bits per heavy atom. The minimum atomic E-state index is -0.687. The lowest BCUT2D eigenvalue weighted by atomic mass is 10.1. The molecule has 0 fully saturated rings. The van der Waals surface area contributed by atoms with Gasteiger partial charge in [-0.25, -0.2) is 9.18 Å². The quantitative estimate of drug-likeness (QED) is 0.871. The normalized spacial score (nSPS) is 15.9. The van der Waals surface area contributed by atoms with E-state index in [0.717, 1.165) is 5.56 Å². The molecule has 3 rings (SSSR count). The van der Waals surface area contributed by atoms with Crippen molar-refractivity contribution < 1.29 is 18.7 Å². The molecule has 0 unspecified atom stereocenters. The summed E-state index contributed by atoms with van der Waals surface area (Å²) < 4.78 is 19.2. The summed E-state index contributed by atoms with van der Waals surface area (Å²) in [4.78, 5) is 27.0. The number of rotatable bonds is 4. The van der Waals surface area contributed by atoms with Crippen molar-refractivity contribution in [2.45, 2.75) is 45.3 Å². The van der Waals surface area contributed by atoms with Crippen molar-refractivity contribution in [2.24, 2.45) is 0 Å². The predicted octanol–water partition coefficient (Wildman–Crippen LogP) is 3.85. The molecule has 0 spiro atoms. The fraction of sp³-hybridized carbons (Fsp3) is 0.364. The summed E-state index contributed by atoms with van der Waals surface area (Å²) in [6, 6.07) is 13.2. The Labute approximate surface area is 164 Å². The summed E-state index contributed by atoms with van der Waals surface area (Å²) in [6.07, 6.45) is 0.248. The maximum absolute atomic E-state index is 13.7. The number of halogens is 1. The number of ether oxygens (including phenoxy) is 1. The van der Waals surface area contributed by atoms with Crippen molar-refractivity contribution in [3.8, 4) is 0 Å². The van der Waals surface area contributed by atoms with Crippen LogP contribution in [0.25, 0.3) is 0 Å². The van der Waals surface area contributed by atoms with Crippen LogP contribution in [0.2, 0.25) is 0 Å². The fourth-order valence-electron chi connectivity index (χ4n) is 3.27. The van der Waals surface area contributed by atoms with E-state index in [1.807, 2.05) is 24.3 Å². The van der Waals surface area contributed by atoms with Gasteiger partial charge < -0.3 is 10.1 Å². The largest absolute Gasteiger partial charge is 0.443 e. The van der Waals surface area contributed by atoms with Crippen LogP contribution in [0.3, 0.4) is 0 Å². The molecule has 0 aliphatic carbocycles. The van der Waals surface area contributed by atoms with Crippen LogP contribution < -0.4 is 10.2 Å². The van der Waals surface area contributed by atoms with E-state index in [1.54, 1.807) is 39.0 Å². The van der Waals surface area contributed by atoms with E-state index in [1.165, 1.54) is 11.0 Å². The molecule has 0 aromatic heterocycles. The van der Waals surface area contributed by atoms with E-state index in [-0.39, 0.29) is 18.3 Å². The summed E-state index contributed by atoms with van der Waals surface area (Å²) in [6.45, 7) is 5.65. The first-order chi connectivity index (χ1) is 13.3. The van der Waals surface area contributed by atoms with E-state index < -0.39 is 17.7 Å². The molecule has 2 amide bonds. The van der Waals surface area contributed by atoms with Gasteiger partial charge in [0, 0.05) is 13.0 Å². The number of carbonyl (C=O) groups is 2. The van der Waals surface area contributed by atoms with Gasteiger partial charge in [0.1, 0.15) is 17.5 Å². The number of nitrogens with one attached hydrogen (secondary N) is 1. The zero-order chi connectivity index (χ0) is 20.3. The highest BCUT2D eigenvalue weighted by atomic mass is 19.1. The third-order valence-electron chi connectivity index (χ3n) is 4.52. The Morgan fingerprint density at radius 3 is 2.54 bits per heavy atom. The van der Waals surface area contributed by atoms with Gasteiger partial charge in [-0.3, -0.25) is 9.69 Å². The molecular weight excluding hydrogens is 359 g/mol. The van der Waals surface area contributed by atoms with Crippen molar-refractivity contribution in [1.82, 2.24) is 5.32 Å². The van der Waals surface area contributed by atoms with Crippen LogP contribution >= 0.6 is 0 Å². The van der Waals surface area contributed by atoms with E-state index in [4.69, 9.17) is 4.74 Å². The van der Waals surface area contributed by atoms with Gasteiger partial charge in [0.05, 0.1) is 5.69 Å². The van der Waals surface area contributed by atoms with Gasteiger partial charge in [0.15, 0.2) is 0 Å². The Bertz CT molecular complexity index is 876. The van der Waals surface area contributed by atoms with Gasteiger partial charge in [-0.2, -0.15) is 0 Å². The minimum absolute atomic E-state index is 0.279. The second-order valence-electron chi connectivity index (χ2n) is 7.83. The highest BCUT2D eigenvalue weighted by molar-refractivity contribution is 6.00. The van der Waals surface area contributed by atoms with Crippen molar-refractivity contribution in [1.29, 1.82) is 0 Å². The summed E-state index contributed by atoms with van der Waals surface area (Å²) >= 11 is 0. The van der Waals surface area contributed by atoms with E-state index in [2.05, 4.69) is 5.32 Å². The number of carbonyl (C=O) groups excluding carboxylic acids is 2. The number of fused-ring (bicyclic) bond motifs is 1. The topological polar surface area (TPSA) is 58.6 Å². The van der Waals surface area contributed by atoms with Crippen molar-refractivity contribution in [3.05, 3.63) is 65.5 Å². The molecule has 0 saturated heterocycles. The molecule has 2 aromatic rings. The standard InChI is InChI=1S/C22H25FN2O3/c1-22(2,3)28-21(27)25-18-11-7-5-9-16(18)14-19(25)20(26)24-13-12-15-8-4-6-10-17(15)23/h4-11,19H,12-14H2,1-3H3,(H,24,26)/t19-/m0/s1. The molecule has 5 nitrogen and oxygen atoms in total. The third kappa shape index (κ3) is 4.50. The summed E-state index contributed by atoms with van der Waals surface area (Å²) in [7, 11) is 0. The van der Waals surface area contributed by atoms with Gasteiger partial charge in [-0.05, 0) is 50.5 Å². The second-order valence-corrected chi connectivity index (χ2v) is 7.83. The van der Waals surface area contributed by atoms with Crippen LogP contribution in [0.1, 0.15) is 31.9 Å². The number of para-hydroxylation sites is 1. The average molecular weight is 384 g/mol. The second kappa shape index (κ2) is 8.00. The molecule has 148 valence electrons. The van der Waals surface area contributed by atoms with Crippen molar-refractivity contribution in [3.63, 3.8) is 0 Å². The van der Waals surface area contributed by atoms with E-state index >= 15 is 0 Å². The number of anilines is 1. The van der Waals surface area contributed by atoms with Crippen LogP contribution in [0, 0.1) is 5.82 Å². The zero-order valence-corrected chi connectivity index (χ0v) is 16.4. The number of hydrogen-bond acceptors (Lipinski definition) is 3. The molecule has 1 aliphatic heterocycles. The lowest BCUT2D eigenvalue weighted by Gasteiger charge is -2.28. The predicted molar refractivity (Wildman–Crippen MR) is 106 cm³/mol. The van der Waals surface area contributed by atoms with E-state index in [0.29, 0.717) is 24.1 Å². The van der Waals surface area contributed by atoms with Crippen LogP contribution in [-0.2, 0) is 22.4 Å². The lowest BCUT2D eigenvalue weighted by Crippen LogP contribution is -2.49. The monoisotopic (exact) mass is 384 g/mol. The first-order valence-electron chi connectivity index (χ1n) is 9.37. The first-order valence-corrected chi connectivity index (χ1v) is 9.37. The molecule has 0 radical (unpaired) electrons. The summed E-state index contributed by atoms with van der Waals surface area (Å²) in [5.41, 5.74) is 1.48. The molecule has 2 aromatic carbocycles. The van der Waals surface area contributed by atoms with Crippen LogP contribution in [-0.4, -0.2) is 30.2 Å². The number of benzene rings is 2. The van der Waals surface area contributed by atoms with Crippen molar-refractivity contribution in [2.75, 3.05) is 11.4 Å². The molecule has 1 N–H and O–H groups in total. The molecule has 6 heteroatoms. The third-order valence-corrected chi connectivity index (χ3v) is 4.52. The van der Waals surface area contributed by atoms with Crippen LogP contribution in [0.15, 0.2) is 48.5 Å². The fourth-order valence-corrected chi connectivity index (χ4v) is 3.27. The van der Waals surface area contributed by atoms with Gasteiger partial charge in [-0.15, -0.1) is 0 Å². The number of nitrogens with zero attached hydrogens (tertiary/aromatic N) is 1. The maximum Gasteiger partial charge on any atom is 0.415 e. The van der Waals surface area contributed by atoms with Gasteiger partial charge >= 0.3 is 6.09 Å². The number of hydrogen-bond donors (Lipinski definition) is 1. The van der Waals surface area contributed by atoms with Crippen molar-refractivity contribution >= 4 is 17.7 Å². The number of amides is 2. The maximum atomic E-state index is 13.7. The Balaban J connectivity index is 1.71. The minimum Gasteiger partial charge on any atom is -0.443 e. The van der Waals surface area contributed by atoms with Gasteiger partial charge in [-0.1, -0.05) is 36.4 Å². The Hall–Kier alpha value is -2.89. The summed E-state index contributed by atoms with van der Waals surface area (Å²) in [5.74, 6) is -0.571. The Kier molecular flexibility index (Phi) is 5.68. The first kappa shape index (κ1) is 19.9. The zero-order valence-electron chi connectivity index (χ0n) is 16.4. The molecule has 1 atom stereocenters. The highest BCUT2D eigenvalue weighted by Crippen LogP contribution is 2.33.